The van der Waals surface area contributed by atoms with Crippen molar-refractivity contribution in [2.75, 3.05) is 6.61 Å². The number of fused-ring (bicyclic) bond motifs is 1. The van der Waals surface area contributed by atoms with Crippen LogP contribution in [0.15, 0.2) is 35.3 Å². The van der Waals surface area contributed by atoms with Gasteiger partial charge in [-0.15, -0.1) is 0 Å². The maximum atomic E-state index is 12.9. The molecule has 5 rings (SSSR count). The van der Waals surface area contributed by atoms with Crippen LogP contribution in [0.5, 0.6) is 0 Å². The third-order valence-electron chi connectivity index (χ3n) is 4.77. The lowest BCUT2D eigenvalue weighted by Gasteiger charge is -2.53. The largest absolute Gasteiger partial charge is 0.346 e. The highest BCUT2D eigenvalue weighted by atomic mass is 35.5. The van der Waals surface area contributed by atoms with Gasteiger partial charge in [0.1, 0.15) is 5.17 Å². The van der Waals surface area contributed by atoms with Crippen LogP contribution in [0.4, 0.5) is 0 Å². The molecule has 1 amide bonds. The minimum atomic E-state index is -1.04. The number of benzene rings is 1. The van der Waals surface area contributed by atoms with Crippen LogP contribution in [0, 0.1) is 5.92 Å². The highest BCUT2D eigenvalue weighted by Crippen LogP contribution is 2.47. The molecule has 110 valence electrons. The van der Waals surface area contributed by atoms with Gasteiger partial charge >= 0.3 is 0 Å². The molecule has 2 fully saturated rings. The van der Waals surface area contributed by atoms with E-state index < -0.39 is 5.72 Å². The van der Waals surface area contributed by atoms with Gasteiger partial charge in [0.15, 0.2) is 0 Å². The van der Waals surface area contributed by atoms with Crippen molar-refractivity contribution in [2.45, 2.75) is 37.6 Å². The lowest BCUT2D eigenvalue weighted by molar-refractivity contribution is -0.191. The first kappa shape index (κ1) is 13.3. The number of nitrogens with zero attached hydrogens (tertiary/aromatic N) is 2. The number of aliphatic imine (C=N–C) groups is 1. The Labute approximate surface area is 128 Å². The Morgan fingerprint density at radius 3 is 3.00 bits per heavy atom. The molecule has 5 heteroatoms. The first-order valence-electron chi connectivity index (χ1n) is 7.45. The number of rotatable bonds is 2. The van der Waals surface area contributed by atoms with Crippen molar-refractivity contribution in [3.63, 3.8) is 0 Å². The van der Waals surface area contributed by atoms with E-state index in [0.29, 0.717) is 18.3 Å². The molecular formula is C16H17ClN2O2. The molecule has 4 aliphatic heterocycles. The van der Waals surface area contributed by atoms with Gasteiger partial charge in [0, 0.05) is 12.5 Å². The van der Waals surface area contributed by atoms with Gasteiger partial charge in [-0.2, -0.15) is 0 Å². The summed E-state index contributed by atoms with van der Waals surface area (Å²) < 4.78 is 5.84. The second kappa shape index (κ2) is 4.82. The number of hydrogen-bond donors (Lipinski definition) is 0. The Bertz CT molecular complexity index is 604. The monoisotopic (exact) mass is 304 g/mol. The summed E-state index contributed by atoms with van der Waals surface area (Å²) in [6.45, 7) is 1.15. The summed E-state index contributed by atoms with van der Waals surface area (Å²) in [5.74, 6) is 0.162. The fourth-order valence-corrected chi connectivity index (χ4v) is 4.05. The zero-order valence-electron chi connectivity index (χ0n) is 11.7. The number of halogens is 1. The van der Waals surface area contributed by atoms with Crippen molar-refractivity contribution in [3.05, 3.63) is 35.9 Å². The molecule has 0 N–H and O–H groups in total. The lowest BCUT2D eigenvalue weighted by Crippen LogP contribution is -2.68. The van der Waals surface area contributed by atoms with Gasteiger partial charge < -0.3 is 9.64 Å². The Morgan fingerprint density at radius 2 is 2.19 bits per heavy atom. The molecule has 0 aliphatic carbocycles. The molecule has 0 aromatic heterocycles. The van der Waals surface area contributed by atoms with Crippen LogP contribution in [-0.4, -0.2) is 34.4 Å². The average Bonchev–Trinajstić information content (AvgIpc) is 2.51. The van der Waals surface area contributed by atoms with E-state index in [4.69, 9.17) is 16.3 Å². The first-order valence-corrected chi connectivity index (χ1v) is 7.83. The molecule has 2 bridgehead atoms. The number of piperidine rings is 1. The van der Waals surface area contributed by atoms with Gasteiger partial charge in [0.2, 0.25) is 5.72 Å². The molecule has 2 saturated heterocycles. The summed E-state index contributed by atoms with van der Waals surface area (Å²) in [4.78, 5) is 19.2. The van der Waals surface area contributed by atoms with E-state index in [1.807, 2.05) is 35.2 Å². The fraction of sp³-hybridized carbons (Fsp3) is 0.500. The number of amides is 1. The van der Waals surface area contributed by atoms with Gasteiger partial charge in [0.05, 0.1) is 12.6 Å². The fourth-order valence-electron chi connectivity index (χ4n) is 3.72. The van der Waals surface area contributed by atoms with Gasteiger partial charge in [-0.1, -0.05) is 41.9 Å². The molecule has 1 spiro atoms. The first-order chi connectivity index (χ1) is 10.2. The van der Waals surface area contributed by atoms with Gasteiger partial charge in [-0.3, -0.25) is 4.79 Å². The SMILES string of the molecule is O=C1N(Cc2ccccc2)[C@@H]2C[C@H]3CCCO[C@]13N=C2Cl. The second-order valence-electron chi connectivity index (χ2n) is 5.99. The van der Waals surface area contributed by atoms with Crippen LogP contribution < -0.4 is 0 Å². The summed E-state index contributed by atoms with van der Waals surface area (Å²) in [6.07, 6.45) is 2.86. The van der Waals surface area contributed by atoms with Gasteiger partial charge in [0.25, 0.3) is 5.91 Å². The Kier molecular flexibility index (Phi) is 3.05. The lowest BCUT2D eigenvalue weighted by atomic mass is 9.76. The summed E-state index contributed by atoms with van der Waals surface area (Å²) in [7, 11) is 0. The van der Waals surface area contributed by atoms with Crippen molar-refractivity contribution in [2.24, 2.45) is 10.9 Å². The second-order valence-corrected chi connectivity index (χ2v) is 6.38. The predicted molar refractivity (Wildman–Crippen MR) is 80.1 cm³/mol. The normalized spacial score (nSPS) is 34.6. The highest BCUT2D eigenvalue weighted by molar-refractivity contribution is 6.67. The van der Waals surface area contributed by atoms with Crippen LogP contribution in [0.3, 0.4) is 0 Å². The van der Waals surface area contributed by atoms with Crippen molar-refractivity contribution < 1.29 is 9.53 Å². The molecule has 4 heterocycles. The molecular weight excluding hydrogens is 288 g/mol. The summed E-state index contributed by atoms with van der Waals surface area (Å²) in [5, 5.41) is 0.517. The third kappa shape index (κ3) is 1.93. The van der Waals surface area contributed by atoms with Crippen molar-refractivity contribution >= 4 is 22.7 Å². The summed E-state index contributed by atoms with van der Waals surface area (Å²) in [6, 6.07) is 9.90. The van der Waals surface area contributed by atoms with Crippen molar-refractivity contribution in [1.29, 1.82) is 0 Å². The molecule has 0 saturated carbocycles. The molecule has 1 aromatic carbocycles. The maximum absolute atomic E-state index is 12.9. The quantitative estimate of drug-likeness (QED) is 0.842. The zero-order chi connectivity index (χ0) is 14.4. The molecule has 21 heavy (non-hydrogen) atoms. The number of carbonyl (C=O) groups is 1. The molecule has 0 unspecified atom stereocenters. The van der Waals surface area contributed by atoms with E-state index >= 15 is 0 Å². The molecule has 4 aliphatic rings. The third-order valence-corrected chi connectivity index (χ3v) is 5.10. The number of hydrogen-bond acceptors (Lipinski definition) is 3. The van der Waals surface area contributed by atoms with E-state index in [-0.39, 0.29) is 17.9 Å². The van der Waals surface area contributed by atoms with E-state index in [1.165, 1.54) is 0 Å². The van der Waals surface area contributed by atoms with Crippen LogP contribution >= 0.6 is 11.6 Å². The molecule has 1 aromatic rings. The standard InChI is InChI=1S/C16H17ClN2O2/c17-14-13-9-12-7-4-8-21-16(12,18-14)15(20)19(13)10-11-5-2-1-3-6-11/h1-3,5-6,12-13H,4,7-10H2/t12-,13-,16+/m1/s1. The van der Waals surface area contributed by atoms with E-state index in [0.717, 1.165) is 24.8 Å². The molecule has 3 atom stereocenters. The average molecular weight is 305 g/mol. The van der Waals surface area contributed by atoms with Crippen LogP contribution in [0.25, 0.3) is 0 Å². The maximum Gasteiger partial charge on any atom is 0.279 e. The summed E-state index contributed by atoms with van der Waals surface area (Å²) >= 11 is 6.33. The minimum Gasteiger partial charge on any atom is -0.346 e. The van der Waals surface area contributed by atoms with E-state index in [9.17, 15) is 4.79 Å². The Hall–Kier alpha value is -1.39. The number of ether oxygens (including phenoxy) is 1. The van der Waals surface area contributed by atoms with Gasteiger partial charge in [-0.25, -0.2) is 4.99 Å². The van der Waals surface area contributed by atoms with Crippen molar-refractivity contribution in [3.8, 4) is 0 Å². The molecule has 4 nitrogen and oxygen atoms in total. The van der Waals surface area contributed by atoms with Crippen LogP contribution in [-0.2, 0) is 16.1 Å². The van der Waals surface area contributed by atoms with E-state index in [1.54, 1.807) is 0 Å². The topological polar surface area (TPSA) is 41.9 Å². The van der Waals surface area contributed by atoms with Crippen molar-refractivity contribution in [1.82, 2.24) is 4.90 Å². The zero-order valence-corrected chi connectivity index (χ0v) is 12.4. The minimum absolute atomic E-state index is 0.0169. The number of carbonyl (C=O) groups excluding carboxylic acids is 1. The Morgan fingerprint density at radius 1 is 1.38 bits per heavy atom. The smallest absolute Gasteiger partial charge is 0.279 e. The van der Waals surface area contributed by atoms with E-state index in [2.05, 4.69) is 4.99 Å². The predicted octanol–water partition coefficient (Wildman–Crippen LogP) is 2.56. The highest BCUT2D eigenvalue weighted by Gasteiger charge is 2.60. The van der Waals surface area contributed by atoms with Crippen LogP contribution in [0.1, 0.15) is 24.8 Å². The molecule has 0 radical (unpaired) electrons. The summed E-state index contributed by atoms with van der Waals surface area (Å²) in [5.41, 5.74) is 0.0606. The Balaban J connectivity index is 1.69. The van der Waals surface area contributed by atoms with Gasteiger partial charge in [-0.05, 0) is 24.8 Å². The van der Waals surface area contributed by atoms with Crippen LogP contribution in [0.2, 0.25) is 0 Å².